The zero-order chi connectivity index (χ0) is 16.4. The second kappa shape index (κ2) is 25.6. The van der Waals surface area contributed by atoms with Gasteiger partial charge < -0.3 is 26.2 Å². The van der Waals surface area contributed by atoms with Crippen LogP contribution < -0.4 is 0 Å². The predicted octanol–water partition coefficient (Wildman–Crippen LogP) is 3.72. The smallest absolute Gasteiger partial charge is 0.665 e. The van der Waals surface area contributed by atoms with Crippen molar-refractivity contribution in [1.29, 1.82) is 0 Å². The summed E-state index contributed by atoms with van der Waals surface area (Å²) in [5.41, 5.74) is 0. The first-order valence-corrected chi connectivity index (χ1v) is 7.40. The van der Waals surface area contributed by atoms with Gasteiger partial charge in [0.25, 0.3) is 0 Å². The molecule has 0 aliphatic carbocycles. The monoisotopic (exact) mass is 467 g/mol. The Morgan fingerprint density at radius 3 is 1.14 bits per heavy atom. The van der Waals surface area contributed by atoms with Crippen molar-refractivity contribution < 1.29 is 25.8 Å². The van der Waals surface area contributed by atoms with Crippen LogP contribution in [0.3, 0.4) is 0 Å². The summed E-state index contributed by atoms with van der Waals surface area (Å²) >= 11 is 0. The van der Waals surface area contributed by atoms with Crippen molar-refractivity contribution in [3.05, 3.63) is 21.3 Å². The summed E-state index contributed by atoms with van der Waals surface area (Å²) in [7, 11) is 9.46. The van der Waals surface area contributed by atoms with Gasteiger partial charge in [-0.3, -0.25) is 0 Å². The van der Waals surface area contributed by atoms with Gasteiger partial charge in [0.2, 0.25) is 0 Å². The second-order valence-electron chi connectivity index (χ2n) is 4.70. The maximum absolute atomic E-state index is 4.19. The summed E-state index contributed by atoms with van der Waals surface area (Å²) in [5.74, 6) is 0. The van der Waals surface area contributed by atoms with Crippen LogP contribution in [0.15, 0.2) is 0 Å². The van der Waals surface area contributed by atoms with Crippen LogP contribution in [0.25, 0.3) is 21.3 Å². The minimum Gasteiger partial charge on any atom is -0.665 e. The van der Waals surface area contributed by atoms with E-state index in [0.717, 1.165) is 26.2 Å². The molecule has 0 aliphatic heterocycles. The van der Waals surface area contributed by atoms with Crippen molar-refractivity contribution in [3.63, 3.8) is 0 Å². The van der Waals surface area contributed by atoms with Crippen molar-refractivity contribution in [2.24, 2.45) is 0 Å². The van der Waals surface area contributed by atoms with E-state index in [-0.39, 0.29) is 25.8 Å². The standard InChI is InChI=1S/C9H21N3.2C3H8N.Hf/c1-8(10-3)6-12(5)7-9(2)11-4;2*1-3-4-2;/h8-9H,6-7H2,1-5H3;2*3H2,1-2H3;/q-2;2*-1;+4. The maximum atomic E-state index is 4.19. The van der Waals surface area contributed by atoms with Gasteiger partial charge in [0.1, 0.15) is 0 Å². The molecule has 0 bridgehead atoms. The third-order valence-electron chi connectivity index (χ3n) is 2.67. The Morgan fingerprint density at radius 1 is 0.762 bits per heavy atom. The summed E-state index contributed by atoms with van der Waals surface area (Å²) < 4.78 is 0. The first-order valence-electron chi connectivity index (χ1n) is 7.40. The fourth-order valence-corrected chi connectivity index (χ4v) is 1.14. The van der Waals surface area contributed by atoms with E-state index in [0.29, 0.717) is 12.1 Å². The molecule has 2 unspecified atom stereocenters. The van der Waals surface area contributed by atoms with Crippen molar-refractivity contribution in [2.75, 3.05) is 61.4 Å². The van der Waals surface area contributed by atoms with E-state index in [4.69, 9.17) is 0 Å². The predicted molar refractivity (Wildman–Crippen MR) is 94.6 cm³/mol. The van der Waals surface area contributed by atoms with Crippen molar-refractivity contribution >= 4 is 0 Å². The zero-order valence-electron chi connectivity index (χ0n) is 15.7. The summed E-state index contributed by atoms with van der Waals surface area (Å²) in [6.07, 6.45) is 0. The summed E-state index contributed by atoms with van der Waals surface area (Å²) in [6.45, 7) is 12.2. The Morgan fingerprint density at radius 2 is 1.00 bits per heavy atom. The molecule has 0 aromatic rings. The molecule has 0 heterocycles. The molecule has 5 nitrogen and oxygen atoms in total. The van der Waals surface area contributed by atoms with E-state index in [1.165, 1.54) is 0 Å². The van der Waals surface area contributed by atoms with Crippen molar-refractivity contribution in [1.82, 2.24) is 4.90 Å². The Balaban J connectivity index is -0.000000134. The summed E-state index contributed by atoms with van der Waals surface area (Å²) in [6, 6.07) is 0.859. The molecule has 0 radical (unpaired) electrons. The van der Waals surface area contributed by atoms with Crippen molar-refractivity contribution in [2.45, 2.75) is 39.8 Å². The number of likely N-dealkylation sites (N-methyl/N-ethyl adjacent to an activating group) is 3. The van der Waals surface area contributed by atoms with E-state index in [9.17, 15) is 0 Å². The van der Waals surface area contributed by atoms with Crippen LogP contribution in [0.4, 0.5) is 0 Å². The molecule has 6 heteroatoms. The average molecular weight is 466 g/mol. The van der Waals surface area contributed by atoms with Crippen LogP contribution in [0.1, 0.15) is 27.7 Å². The molecule has 0 aromatic carbocycles. The number of rotatable bonds is 8. The average Bonchev–Trinajstić information content (AvgIpc) is 2.47. The largest absolute Gasteiger partial charge is 4.00 e. The van der Waals surface area contributed by atoms with Gasteiger partial charge in [-0.05, 0) is 20.1 Å². The molecule has 2 atom stereocenters. The Bertz CT molecular complexity index is 141. The van der Waals surface area contributed by atoms with Gasteiger partial charge in [-0.25, -0.2) is 0 Å². The van der Waals surface area contributed by atoms with Gasteiger partial charge in [0.15, 0.2) is 0 Å². The third kappa shape index (κ3) is 33.5. The van der Waals surface area contributed by atoms with Gasteiger partial charge in [-0.1, -0.05) is 27.7 Å². The molecule has 0 saturated carbocycles. The van der Waals surface area contributed by atoms with Crippen LogP contribution >= 0.6 is 0 Å². The van der Waals surface area contributed by atoms with Crippen molar-refractivity contribution in [3.8, 4) is 0 Å². The number of hydrogen-bond acceptors (Lipinski definition) is 1. The van der Waals surface area contributed by atoms with Gasteiger partial charge in [-0.2, -0.15) is 41.3 Å². The van der Waals surface area contributed by atoms with Crippen LogP contribution in [-0.4, -0.2) is 78.4 Å². The normalized spacial score (nSPS) is 12.3. The van der Waals surface area contributed by atoms with Gasteiger partial charge in [-0.15, -0.1) is 12.1 Å². The van der Waals surface area contributed by atoms with Gasteiger partial charge >= 0.3 is 25.8 Å². The molecule has 0 aliphatic rings. The van der Waals surface area contributed by atoms with E-state index < -0.39 is 0 Å². The first-order chi connectivity index (χ1) is 9.42. The van der Waals surface area contributed by atoms with E-state index in [1.54, 1.807) is 14.1 Å². The topological polar surface area (TPSA) is 59.6 Å². The molecular weight excluding hydrogens is 429 g/mol. The fourth-order valence-electron chi connectivity index (χ4n) is 1.14. The molecule has 0 N–H and O–H groups in total. The number of hydrogen-bond donors (Lipinski definition) is 0. The Labute approximate surface area is 153 Å². The summed E-state index contributed by atoms with van der Waals surface area (Å²) in [4.78, 5) is 2.27. The minimum absolute atomic E-state index is 0. The molecule has 126 valence electrons. The zero-order valence-corrected chi connectivity index (χ0v) is 19.3. The molecule has 0 saturated heterocycles. The van der Waals surface area contributed by atoms with Crippen LogP contribution in [0.2, 0.25) is 0 Å². The molecule has 0 spiro atoms. The number of nitrogens with zero attached hydrogens (tertiary/aromatic N) is 5. The van der Waals surface area contributed by atoms with Gasteiger partial charge in [0.05, 0.1) is 0 Å². The summed E-state index contributed by atoms with van der Waals surface area (Å²) in [5, 5.41) is 15.9. The van der Waals surface area contributed by atoms with Crippen LogP contribution in [0, 0.1) is 0 Å². The quantitative estimate of drug-likeness (QED) is 0.504. The fraction of sp³-hybridized carbons (Fsp3) is 1.00. The minimum atomic E-state index is 0. The third-order valence-corrected chi connectivity index (χ3v) is 2.67. The molecule has 0 rings (SSSR count). The molecule has 0 fully saturated rings. The Hall–Kier alpha value is 0.670. The molecule has 0 amide bonds. The SMILES string of the molecule is CC[N-]C.CC[N-]C.C[N-]C(C)CN(C)CC(C)[N-]C.[Hf+4]. The van der Waals surface area contributed by atoms with E-state index in [1.807, 2.05) is 27.9 Å². The second-order valence-corrected chi connectivity index (χ2v) is 4.70. The van der Waals surface area contributed by atoms with Crippen LogP contribution in [0.5, 0.6) is 0 Å². The van der Waals surface area contributed by atoms with Crippen LogP contribution in [-0.2, 0) is 25.8 Å². The molecule has 21 heavy (non-hydrogen) atoms. The first kappa shape index (κ1) is 29.7. The Kier molecular flexibility index (Phi) is 36.2. The maximum Gasteiger partial charge on any atom is 4.00 e. The van der Waals surface area contributed by atoms with Gasteiger partial charge in [0, 0.05) is 0 Å². The molecular formula is C15H37HfN5. The van der Waals surface area contributed by atoms with E-state index in [2.05, 4.69) is 47.1 Å². The molecule has 0 aromatic heterocycles. The van der Waals surface area contributed by atoms with E-state index >= 15 is 0 Å².